The predicted octanol–water partition coefficient (Wildman–Crippen LogP) is 2.22. The number of pyridine rings is 1. The van der Waals surface area contributed by atoms with Crippen molar-refractivity contribution in [3.05, 3.63) is 79.8 Å². The topological polar surface area (TPSA) is 91.3 Å². The van der Waals surface area contributed by atoms with Crippen molar-refractivity contribution in [2.75, 3.05) is 17.2 Å². The van der Waals surface area contributed by atoms with Gasteiger partial charge >= 0.3 is 0 Å². The van der Waals surface area contributed by atoms with Gasteiger partial charge in [0.15, 0.2) is 0 Å². The third-order valence-corrected chi connectivity index (χ3v) is 3.89. The van der Waals surface area contributed by atoms with E-state index in [2.05, 4.69) is 15.6 Å². The van der Waals surface area contributed by atoms with Crippen molar-refractivity contribution < 1.29 is 5.11 Å². The van der Waals surface area contributed by atoms with Gasteiger partial charge < -0.3 is 15.7 Å². The highest BCUT2D eigenvalue weighted by Gasteiger charge is 2.24. The second kappa shape index (κ2) is 6.82. The monoisotopic (exact) mass is 343 g/mol. The number of hydrogen-bond acceptors (Lipinski definition) is 6. The van der Waals surface area contributed by atoms with E-state index >= 15 is 0 Å². The number of rotatable bonds is 6. The Morgan fingerprint density at radius 3 is 2.25 bits per heavy atom. The maximum Gasteiger partial charge on any atom is 0.253 e. The van der Waals surface area contributed by atoms with Gasteiger partial charge in [-0.1, -0.05) is 23.7 Å². The summed E-state index contributed by atoms with van der Waals surface area (Å²) in [6, 6.07) is 9.73. The lowest BCUT2D eigenvalue weighted by atomic mass is 10.1. The Bertz CT molecular complexity index is 903. The van der Waals surface area contributed by atoms with Crippen LogP contribution >= 0.6 is 11.6 Å². The average Bonchev–Trinajstić information content (AvgIpc) is 2.62. The van der Waals surface area contributed by atoms with E-state index in [1.165, 1.54) is 0 Å². The van der Waals surface area contributed by atoms with Crippen molar-refractivity contribution in [3.63, 3.8) is 0 Å². The van der Waals surface area contributed by atoms with E-state index in [4.69, 9.17) is 11.6 Å². The SMILES string of the molecule is O=c1c(Nc2ccncc2)c(NC(CO)c2ccc(Cl)cc2)c1=O. The van der Waals surface area contributed by atoms with E-state index in [-0.39, 0.29) is 18.0 Å². The minimum atomic E-state index is -0.612. The largest absolute Gasteiger partial charge is 0.394 e. The summed E-state index contributed by atoms with van der Waals surface area (Å²) >= 11 is 5.85. The smallest absolute Gasteiger partial charge is 0.253 e. The van der Waals surface area contributed by atoms with Gasteiger partial charge in [-0.3, -0.25) is 14.6 Å². The Kier molecular flexibility index (Phi) is 4.59. The first kappa shape index (κ1) is 16.2. The fourth-order valence-electron chi connectivity index (χ4n) is 2.33. The van der Waals surface area contributed by atoms with Gasteiger partial charge in [0, 0.05) is 23.1 Å². The molecule has 3 N–H and O–H groups in total. The Hall–Kier alpha value is -2.70. The van der Waals surface area contributed by atoms with Crippen LogP contribution < -0.4 is 21.5 Å². The number of aliphatic hydroxyl groups excluding tert-OH is 1. The minimum absolute atomic E-state index is 0.158. The third-order valence-electron chi connectivity index (χ3n) is 3.63. The molecule has 0 aliphatic rings. The van der Waals surface area contributed by atoms with E-state index in [0.29, 0.717) is 10.7 Å². The molecule has 1 atom stereocenters. The average molecular weight is 344 g/mol. The zero-order valence-corrected chi connectivity index (χ0v) is 13.2. The molecule has 24 heavy (non-hydrogen) atoms. The number of hydrogen-bond donors (Lipinski definition) is 3. The number of aliphatic hydroxyl groups is 1. The summed E-state index contributed by atoms with van der Waals surface area (Å²) in [7, 11) is 0. The molecule has 0 radical (unpaired) electrons. The summed E-state index contributed by atoms with van der Waals surface area (Å²) < 4.78 is 0. The first-order valence-electron chi connectivity index (χ1n) is 7.23. The lowest BCUT2D eigenvalue weighted by molar-refractivity contribution is 0.276. The summed E-state index contributed by atoms with van der Waals surface area (Å²) in [5.41, 5.74) is 0.530. The van der Waals surface area contributed by atoms with Crippen molar-refractivity contribution in [2.24, 2.45) is 0 Å². The standard InChI is InChI=1S/C17H14ClN3O3/c18-11-3-1-10(2-4-11)13(9-22)21-15-14(16(23)17(15)24)20-12-5-7-19-8-6-12/h1-8,13,21-22H,9H2,(H,19,20). The molecule has 1 heterocycles. The van der Waals surface area contributed by atoms with Crippen LogP contribution in [0.25, 0.3) is 0 Å². The maximum atomic E-state index is 11.9. The Morgan fingerprint density at radius 2 is 1.62 bits per heavy atom. The number of nitrogens with zero attached hydrogens (tertiary/aromatic N) is 1. The van der Waals surface area contributed by atoms with E-state index < -0.39 is 16.9 Å². The van der Waals surface area contributed by atoms with E-state index in [9.17, 15) is 14.7 Å². The van der Waals surface area contributed by atoms with Crippen LogP contribution in [0, 0.1) is 0 Å². The van der Waals surface area contributed by atoms with Crippen LogP contribution in [0.3, 0.4) is 0 Å². The van der Waals surface area contributed by atoms with Crippen LogP contribution in [-0.2, 0) is 0 Å². The quantitative estimate of drug-likeness (QED) is 0.594. The van der Waals surface area contributed by atoms with Crippen LogP contribution in [0.15, 0.2) is 58.4 Å². The van der Waals surface area contributed by atoms with Crippen LogP contribution in [0.1, 0.15) is 11.6 Å². The molecule has 6 nitrogen and oxygen atoms in total. The molecule has 0 amide bonds. The number of benzene rings is 1. The summed E-state index contributed by atoms with van der Waals surface area (Å²) in [4.78, 5) is 27.6. The molecule has 122 valence electrons. The molecule has 1 aromatic heterocycles. The molecule has 1 unspecified atom stereocenters. The highest BCUT2D eigenvalue weighted by Crippen LogP contribution is 2.25. The zero-order chi connectivity index (χ0) is 17.1. The van der Waals surface area contributed by atoms with Crippen molar-refractivity contribution in [1.82, 2.24) is 4.98 Å². The van der Waals surface area contributed by atoms with Gasteiger partial charge in [-0.05, 0) is 29.8 Å². The van der Waals surface area contributed by atoms with Gasteiger partial charge in [0.05, 0.1) is 12.6 Å². The van der Waals surface area contributed by atoms with Gasteiger partial charge in [-0.2, -0.15) is 0 Å². The molecule has 3 aromatic rings. The minimum Gasteiger partial charge on any atom is -0.394 e. The van der Waals surface area contributed by atoms with Crippen molar-refractivity contribution >= 4 is 28.7 Å². The molecule has 2 aromatic carbocycles. The Morgan fingerprint density at radius 1 is 1.00 bits per heavy atom. The highest BCUT2D eigenvalue weighted by atomic mass is 35.5. The lowest BCUT2D eigenvalue weighted by Crippen LogP contribution is -2.37. The van der Waals surface area contributed by atoms with Crippen molar-refractivity contribution in [1.29, 1.82) is 0 Å². The molecule has 0 aliphatic carbocycles. The van der Waals surface area contributed by atoms with Crippen molar-refractivity contribution in [3.8, 4) is 0 Å². The van der Waals surface area contributed by atoms with Gasteiger partial charge in [0.2, 0.25) is 0 Å². The Labute approximate surface area is 142 Å². The first-order valence-corrected chi connectivity index (χ1v) is 7.61. The normalized spacial score (nSPS) is 12.1. The maximum absolute atomic E-state index is 11.9. The molecule has 0 spiro atoms. The number of nitrogens with one attached hydrogen (secondary N) is 2. The third kappa shape index (κ3) is 3.15. The molecule has 0 saturated carbocycles. The Balaban J connectivity index is 1.84. The highest BCUT2D eigenvalue weighted by molar-refractivity contribution is 6.30. The van der Waals surface area contributed by atoms with Gasteiger partial charge in [0.1, 0.15) is 11.4 Å². The second-order valence-corrected chi connectivity index (χ2v) is 5.64. The molecular weight excluding hydrogens is 330 g/mol. The van der Waals surface area contributed by atoms with E-state index in [0.717, 1.165) is 5.56 Å². The van der Waals surface area contributed by atoms with Crippen LogP contribution in [-0.4, -0.2) is 16.7 Å². The van der Waals surface area contributed by atoms with Crippen LogP contribution in [0.5, 0.6) is 0 Å². The second-order valence-electron chi connectivity index (χ2n) is 5.20. The zero-order valence-electron chi connectivity index (χ0n) is 12.5. The fraction of sp³-hybridized carbons (Fsp3) is 0.118. The molecular formula is C17H14ClN3O3. The number of aromatic nitrogens is 1. The lowest BCUT2D eigenvalue weighted by Gasteiger charge is -2.21. The molecule has 0 saturated heterocycles. The summed E-state index contributed by atoms with van der Waals surface area (Å²) in [6.45, 7) is -0.241. The predicted molar refractivity (Wildman–Crippen MR) is 93.8 cm³/mol. The molecule has 0 fully saturated rings. The van der Waals surface area contributed by atoms with Crippen LogP contribution in [0.2, 0.25) is 5.02 Å². The van der Waals surface area contributed by atoms with E-state index in [1.54, 1.807) is 48.8 Å². The van der Waals surface area contributed by atoms with Gasteiger partial charge in [0.25, 0.3) is 10.9 Å². The van der Waals surface area contributed by atoms with Crippen molar-refractivity contribution in [2.45, 2.75) is 6.04 Å². The summed E-state index contributed by atoms with van der Waals surface area (Å²) in [5.74, 6) is 0. The van der Waals surface area contributed by atoms with Gasteiger partial charge in [-0.25, -0.2) is 0 Å². The summed E-state index contributed by atoms with van der Waals surface area (Å²) in [5, 5.41) is 16.0. The summed E-state index contributed by atoms with van der Waals surface area (Å²) in [6.07, 6.45) is 3.15. The molecule has 3 rings (SSSR count). The molecule has 0 bridgehead atoms. The molecule has 0 aliphatic heterocycles. The van der Waals surface area contributed by atoms with Gasteiger partial charge in [-0.15, -0.1) is 0 Å². The number of anilines is 3. The number of halogens is 1. The van der Waals surface area contributed by atoms with Crippen LogP contribution in [0.4, 0.5) is 17.1 Å². The first-order chi connectivity index (χ1) is 11.6. The fourth-order valence-corrected chi connectivity index (χ4v) is 2.46. The molecule has 7 heteroatoms. The van der Waals surface area contributed by atoms with E-state index in [1.807, 2.05) is 0 Å².